The van der Waals surface area contributed by atoms with E-state index in [1.54, 1.807) is 0 Å². The third-order valence-corrected chi connectivity index (χ3v) is 2.19. The third-order valence-electron chi connectivity index (χ3n) is 2.19. The highest BCUT2D eigenvalue weighted by atomic mass is 16.7. The summed E-state index contributed by atoms with van der Waals surface area (Å²) in [6.07, 6.45) is 0.0748. The van der Waals surface area contributed by atoms with Gasteiger partial charge in [-0.05, 0) is 5.01 Å². The number of imidazole rings is 1. The molecular weight excluding hydrogens is 204 g/mol. The second kappa shape index (κ2) is 2.92. The summed E-state index contributed by atoms with van der Waals surface area (Å²) in [6, 6.07) is 0. The number of nitro groups is 1. The molecule has 0 radical (unpaired) electrons. The third kappa shape index (κ3) is 1.13. The summed E-state index contributed by atoms with van der Waals surface area (Å²) in [6.45, 7) is 0. The van der Waals surface area contributed by atoms with Crippen LogP contribution in [0, 0.1) is 10.1 Å². The predicted octanol–water partition coefficient (Wildman–Crippen LogP) is -1.26. The first-order valence-electron chi connectivity index (χ1n) is 4.03. The molecule has 0 bridgehead atoms. The zero-order valence-corrected chi connectivity index (χ0v) is 7.75. The first-order chi connectivity index (χ1) is 7.04. The molecule has 0 fully saturated rings. The Morgan fingerprint density at radius 2 is 2.40 bits per heavy atom. The van der Waals surface area contributed by atoms with Gasteiger partial charge >= 0.3 is 0 Å². The maximum Gasteiger partial charge on any atom is 0.279 e. The van der Waals surface area contributed by atoms with E-state index in [4.69, 9.17) is 5.73 Å². The van der Waals surface area contributed by atoms with E-state index in [1.165, 1.54) is 13.4 Å². The molecule has 1 aliphatic rings. The number of rotatable bonds is 1. The molecule has 1 unspecified atom stereocenters. The minimum Gasteiger partial charge on any atom is -0.326 e. The molecule has 0 saturated heterocycles. The van der Waals surface area contributed by atoms with Crippen LogP contribution in [0.25, 0.3) is 0 Å². The van der Waals surface area contributed by atoms with Crippen LogP contribution in [-0.4, -0.2) is 39.1 Å². The number of nitrogens with one attached hydrogen (secondary N) is 1. The molecule has 0 spiro atoms. The van der Waals surface area contributed by atoms with Crippen molar-refractivity contribution in [3.8, 4) is 0 Å². The number of aromatic amines is 1. The summed E-state index contributed by atoms with van der Waals surface area (Å²) in [7, 11) is 1.38. The zero-order chi connectivity index (χ0) is 11.2. The van der Waals surface area contributed by atoms with Crippen LogP contribution in [0.4, 0.5) is 5.82 Å². The highest BCUT2D eigenvalue weighted by Crippen LogP contribution is 2.24. The number of hydrogen-bond acceptors (Lipinski definition) is 5. The molecule has 3 N–H and O–H groups in total. The van der Waals surface area contributed by atoms with E-state index in [-0.39, 0.29) is 11.5 Å². The van der Waals surface area contributed by atoms with Crippen LogP contribution in [0.15, 0.2) is 6.33 Å². The molecule has 1 aliphatic heterocycles. The maximum absolute atomic E-state index is 11.6. The fourth-order valence-electron chi connectivity index (χ4n) is 1.38. The van der Waals surface area contributed by atoms with E-state index in [0.717, 1.165) is 4.90 Å². The fourth-order valence-corrected chi connectivity index (χ4v) is 1.38. The molecule has 0 aliphatic carbocycles. The first-order valence-corrected chi connectivity index (χ1v) is 4.03. The molecule has 0 aromatic carbocycles. The molecule has 9 heteroatoms. The van der Waals surface area contributed by atoms with Gasteiger partial charge in [-0.3, -0.25) is 10.5 Å². The number of hydrogen-bond donors (Lipinski definition) is 2. The standard InChI is InChI=1S/C6H8N6O3/c1-10-5(13)3-4(9-2-8-3)11(6(10)7)12(14)15/h2,6H,7H2,1H3,(H,8,9). The topological polar surface area (TPSA) is 121 Å². The maximum atomic E-state index is 11.6. The number of carbonyl (C=O) groups is 1. The van der Waals surface area contributed by atoms with Crippen LogP contribution in [0.1, 0.15) is 10.5 Å². The van der Waals surface area contributed by atoms with Gasteiger partial charge < -0.3 is 9.88 Å². The zero-order valence-electron chi connectivity index (χ0n) is 7.75. The lowest BCUT2D eigenvalue weighted by Crippen LogP contribution is -2.60. The number of hydrazine groups is 1. The van der Waals surface area contributed by atoms with Crippen molar-refractivity contribution in [1.82, 2.24) is 14.9 Å². The van der Waals surface area contributed by atoms with Crippen molar-refractivity contribution in [1.29, 1.82) is 0 Å². The second-order valence-electron chi connectivity index (χ2n) is 3.01. The van der Waals surface area contributed by atoms with Crippen LogP contribution in [0.2, 0.25) is 0 Å². The van der Waals surface area contributed by atoms with Gasteiger partial charge in [0.1, 0.15) is 0 Å². The van der Waals surface area contributed by atoms with Crippen molar-refractivity contribution in [3.05, 3.63) is 22.1 Å². The van der Waals surface area contributed by atoms with Gasteiger partial charge in [0.25, 0.3) is 5.91 Å². The number of carbonyl (C=O) groups excluding carboxylic acids is 1. The Kier molecular flexibility index (Phi) is 1.83. The lowest BCUT2D eigenvalue weighted by Gasteiger charge is -2.31. The number of H-pyrrole nitrogens is 1. The normalized spacial score (nSPS) is 20.4. The van der Waals surface area contributed by atoms with Crippen LogP contribution in [0.3, 0.4) is 0 Å². The molecule has 15 heavy (non-hydrogen) atoms. The van der Waals surface area contributed by atoms with Gasteiger partial charge in [-0.1, -0.05) is 0 Å². The number of nitrogens with zero attached hydrogens (tertiary/aromatic N) is 4. The SMILES string of the molecule is CN1C(=O)c2nc[nH]c2N([N+](=O)[O-])C1N. The number of aromatic nitrogens is 2. The Morgan fingerprint density at radius 1 is 1.73 bits per heavy atom. The number of anilines is 1. The van der Waals surface area contributed by atoms with Crippen molar-refractivity contribution in [2.24, 2.45) is 5.73 Å². The second-order valence-corrected chi connectivity index (χ2v) is 3.01. The Balaban J connectivity index is 2.56. The molecular formula is C6H8N6O3. The lowest BCUT2D eigenvalue weighted by atomic mass is 10.3. The van der Waals surface area contributed by atoms with Gasteiger partial charge in [0.2, 0.25) is 12.1 Å². The van der Waals surface area contributed by atoms with E-state index in [9.17, 15) is 14.9 Å². The summed E-state index contributed by atoms with van der Waals surface area (Å²) >= 11 is 0. The molecule has 1 aromatic heterocycles. The van der Waals surface area contributed by atoms with Gasteiger partial charge in [0.15, 0.2) is 10.7 Å². The first kappa shape index (κ1) is 9.40. The van der Waals surface area contributed by atoms with Crippen LogP contribution in [0.5, 0.6) is 0 Å². The van der Waals surface area contributed by atoms with Crippen LogP contribution >= 0.6 is 0 Å². The fraction of sp³-hybridized carbons (Fsp3) is 0.333. The number of fused-ring (bicyclic) bond motifs is 1. The van der Waals surface area contributed by atoms with Gasteiger partial charge in [0.05, 0.1) is 6.33 Å². The molecule has 9 nitrogen and oxygen atoms in total. The van der Waals surface area contributed by atoms with Gasteiger partial charge in [-0.25, -0.2) is 15.1 Å². The quantitative estimate of drug-likeness (QED) is 0.442. The van der Waals surface area contributed by atoms with Gasteiger partial charge in [0, 0.05) is 7.05 Å². The van der Waals surface area contributed by atoms with Crippen LogP contribution < -0.4 is 10.7 Å². The van der Waals surface area contributed by atoms with E-state index >= 15 is 0 Å². The van der Waals surface area contributed by atoms with Crippen LogP contribution in [-0.2, 0) is 0 Å². The predicted molar refractivity (Wildman–Crippen MR) is 48.1 cm³/mol. The van der Waals surface area contributed by atoms with Crippen molar-refractivity contribution in [2.45, 2.75) is 6.29 Å². The molecule has 1 amide bonds. The number of amides is 1. The van der Waals surface area contributed by atoms with Crippen molar-refractivity contribution in [3.63, 3.8) is 0 Å². The smallest absolute Gasteiger partial charge is 0.279 e. The summed E-state index contributed by atoms with van der Waals surface area (Å²) in [4.78, 5) is 29.6. The Bertz CT molecular complexity index is 428. The van der Waals surface area contributed by atoms with E-state index in [0.29, 0.717) is 5.01 Å². The molecule has 2 heterocycles. The van der Waals surface area contributed by atoms with E-state index in [1.807, 2.05) is 0 Å². The van der Waals surface area contributed by atoms with Crippen molar-refractivity contribution >= 4 is 11.7 Å². The minimum absolute atomic E-state index is 0.00380. The average molecular weight is 212 g/mol. The summed E-state index contributed by atoms with van der Waals surface area (Å²) in [5.41, 5.74) is 5.53. The highest BCUT2D eigenvalue weighted by molar-refractivity contribution is 5.98. The van der Waals surface area contributed by atoms with Crippen molar-refractivity contribution in [2.75, 3.05) is 12.1 Å². The molecule has 0 saturated carbocycles. The lowest BCUT2D eigenvalue weighted by molar-refractivity contribution is -0.504. The highest BCUT2D eigenvalue weighted by Gasteiger charge is 2.42. The van der Waals surface area contributed by atoms with Gasteiger partial charge in [-0.2, -0.15) is 0 Å². The summed E-state index contributed by atoms with van der Waals surface area (Å²) in [5, 5.41) is 10.7. The van der Waals surface area contributed by atoms with Gasteiger partial charge in [-0.15, -0.1) is 0 Å². The number of nitrogens with two attached hydrogens (primary N) is 1. The Morgan fingerprint density at radius 3 is 3.00 bits per heavy atom. The Hall–Kier alpha value is -2.16. The molecule has 2 rings (SSSR count). The van der Waals surface area contributed by atoms with E-state index in [2.05, 4.69) is 9.97 Å². The average Bonchev–Trinajstić information content (AvgIpc) is 2.62. The largest absolute Gasteiger partial charge is 0.326 e. The minimum atomic E-state index is -1.14. The summed E-state index contributed by atoms with van der Waals surface area (Å²) in [5.74, 6) is -0.438. The Labute approximate surface area is 83.6 Å². The van der Waals surface area contributed by atoms with E-state index < -0.39 is 17.2 Å². The van der Waals surface area contributed by atoms with Crippen molar-refractivity contribution < 1.29 is 9.83 Å². The molecule has 80 valence electrons. The monoisotopic (exact) mass is 212 g/mol. The summed E-state index contributed by atoms with van der Waals surface area (Å²) < 4.78 is 0. The molecule has 1 aromatic rings. The molecule has 1 atom stereocenters.